The number of rotatable bonds is 15. The van der Waals surface area contributed by atoms with E-state index in [-0.39, 0.29) is 23.9 Å². The number of hydrogen-bond donors (Lipinski definition) is 3. The van der Waals surface area contributed by atoms with Crippen LogP contribution in [0.3, 0.4) is 0 Å². The molecule has 5 rings (SSSR count). The van der Waals surface area contributed by atoms with E-state index >= 15 is 0 Å². The van der Waals surface area contributed by atoms with Gasteiger partial charge in [-0.15, -0.1) is 0 Å². The highest BCUT2D eigenvalue weighted by molar-refractivity contribution is 7.91. The molecule has 0 unspecified atom stereocenters. The molecular weight excluding hydrogens is 795 g/mol. The number of urea groups is 1. The predicted molar refractivity (Wildman–Crippen MR) is 223 cm³/mol. The normalized spacial score (nSPS) is 25.8. The second-order valence-corrected chi connectivity index (χ2v) is 17.6. The Morgan fingerprint density at radius 2 is 1.58 bits per heavy atom. The number of carbonyl (C=O) groups is 4. The number of unbranched alkanes of at least 4 members (excludes halogenated alkanes) is 1. The quantitative estimate of drug-likeness (QED) is 0.129. The van der Waals surface area contributed by atoms with Crippen LogP contribution in [0.2, 0.25) is 0 Å². The van der Waals surface area contributed by atoms with E-state index in [1.807, 2.05) is 63.2 Å². The zero-order valence-electron chi connectivity index (χ0n) is 35.2. The van der Waals surface area contributed by atoms with Gasteiger partial charge in [0, 0.05) is 57.6 Å². The number of amides is 2. The van der Waals surface area contributed by atoms with Crippen molar-refractivity contribution in [3.05, 3.63) is 89.5 Å². The van der Waals surface area contributed by atoms with E-state index in [9.17, 15) is 32.7 Å². The van der Waals surface area contributed by atoms with Gasteiger partial charge >= 0.3 is 23.9 Å². The smallest absolute Gasteiger partial charge is 0.321 e. The minimum atomic E-state index is -3.83. The number of aliphatic hydroxyl groups excluding tert-OH is 1. The number of esters is 3. The highest BCUT2D eigenvalue weighted by Gasteiger charge is 2.52. The van der Waals surface area contributed by atoms with E-state index in [4.69, 9.17) is 23.7 Å². The molecule has 326 valence electrons. The number of nitrogens with zero attached hydrogens (tertiary/aromatic N) is 1. The maximum Gasteiger partial charge on any atom is 0.321 e. The van der Waals surface area contributed by atoms with Crippen LogP contribution >= 0.6 is 0 Å². The predicted octanol–water partition coefficient (Wildman–Crippen LogP) is 5.48. The standard InChI is InChI=1S/C44H57N3O12S/c1-8-10-21-44(9-2)26-60(53,54)36-20-19-33(47(6)7)23-34(36)37(41(44)51)31-17-14-18-32(22-31)45-43(52)46-42-40(58-29(5)50)39(56-24-30-15-12-11-13-16-30)38(57-28(4)49)35(59-42)25-55-27(3)48/h11-20,22-23,35,37-42,51H,8-10,21,24-26H2,1-7H3,(H2,45,46,52)/t35-,37+,38-,39+,40-,41+,42-,44-/m1/s1. The summed E-state index contributed by atoms with van der Waals surface area (Å²) in [7, 11) is -0.117. The highest BCUT2D eigenvalue weighted by atomic mass is 32.2. The van der Waals surface area contributed by atoms with Gasteiger partial charge < -0.3 is 44.3 Å². The molecule has 0 saturated carbocycles. The summed E-state index contributed by atoms with van der Waals surface area (Å²) in [5, 5.41) is 18.0. The minimum absolute atomic E-state index is 0.00171. The van der Waals surface area contributed by atoms with E-state index in [1.165, 1.54) is 20.8 Å². The summed E-state index contributed by atoms with van der Waals surface area (Å²) in [6, 6.07) is 20.3. The van der Waals surface area contributed by atoms with Crippen LogP contribution in [0.4, 0.5) is 16.2 Å². The fourth-order valence-electron chi connectivity index (χ4n) is 8.09. The average molecular weight is 852 g/mol. The summed E-state index contributed by atoms with van der Waals surface area (Å²) in [5.74, 6) is -3.06. The van der Waals surface area contributed by atoms with Crippen LogP contribution in [0.5, 0.6) is 0 Å². The first-order valence-electron chi connectivity index (χ1n) is 20.2. The van der Waals surface area contributed by atoms with E-state index in [1.54, 1.807) is 42.5 Å². The number of nitrogens with one attached hydrogen (secondary N) is 2. The van der Waals surface area contributed by atoms with Crippen molar-refractivity contribution in [3.63, 3.8) is 0 Å². The maximum absolute atomic E-state index is 14.1. The Morgan fingerprint density at radius 3 is 2.22 bits per heavy atom. The molecule has 0 spiro atoms. The van der Waals surface area contributed by atoms with Crippen molar-refractivity contribution in [2.75, 3.05) is 36.7 Å². The number of sulfone groups is 1. The molecule has 16 heteroatoms. The second-order valence-electron chi connectivity index (χ2n) is 15.6. The van der Waals surface area contributed by atoms with E-state index < -0.39 is 81.9 Å². The van der Waals surface area contributed by atoms with Crippen molar-refractivity contribution in [1.82, 2.24) is 5.32 Å². The van der Waals surface area contributed by atoms with E-state index in [2.05, 4.69) is 10.6 Å². The summed E-state index contributed by atoms with van der Waals surface area (Å²) < 4.78 is 57.3. The first kappa shape index (κ1) is 46.0. The molecule has 2 heterocycles. The molecule has 8 atom stereocenters. The van der Waals surface area contributed by atoms with Gasteiger partial charge in [0.15, 0.2) is 28.3 Å². The van der Waals surface area contributed by atoms with Crippen LogP contribution in [0, 0.1) is 5.41 Å². The number of fused-ring (bicyclic) bond motifs is 1. The van der Waals surface area contributed by atoms with Crippen molar-refractivity contribution in [2.45, 2.75) is 114 Å². The van der Waals surface area contributed by atoms with E-state index in [0.29, 0.717) is 29.7 Å². The first-order valence-corrected chi connectivity index (χ1v) is 21.8. The van der Waals surface area contributed by atoms with Crippen molar-refractivity contribution in [3.8, 4) is 0 Å². The van der Waals surface area contributed by atoms with Gasteiger partial charge in [-0.3, -0.25) is 14.4 Å². The van der Waals surface area contributed by atoms with Gasteiger partial charge in [0.2, 0.25) is 0 Å². The van der Waals surface area contributed by atoms with Crippen molar-refractivity contribution < 1.29 is 56.4 Å². The van der Waals surface area contributed by atoms with Gasteiger partial charge in [-0.05, 0) is 59.9 Å². The molecule has 0 radical (unpaired) electrons. The van der Waals surface area contributed by atoms with Gasteiger partial charge in [-0.2, -0.15) is 0 Å². The number of hydrogen-bond acceptors (Lipinski definition) is 13. The fourth-order valence-corrected chi connectivity index (χ4v) is 10.3. The second kappa shape index (κ2) is 20.0. The molecule has 15 nitrogen and oxygen atoms in total. The van der Waals surface area contributed by atoms with Crippen molar-refractivity contribution >= 4 is 45.2 Å². The zero-order valence-corrected chi connectivity index (χ0v) is 36.0. The van der Waals surface area contributed by atoms with Crippen molar-refractivity contribution in [1.29, 1.82) is 0 Å². The Morgan fingerprint density at radius 1 is 0.883 bits per heavy atom. The number of benzene rings is 3. The minimum Gasteiger partial charge on any atom is -0.463 e. The molecule has 0 aromatic heterocycles. The lowest BCUT2D eigenvalue weighted by molar-refractivity contribution is -0.260. The SMILES string of the molecule is CCCC[C@]1(CC)CS(=O)(=O)c2ccc(N(C)C)cc2[C@H](c2cccc(NC(=O)N[C@@H]3O[C@H](COC(C)=O)[C@@H](OC(C)=O)[C@H](OCc4ccccc4)[C@H]3OC(C)=O)c2)[C@@H]1O. The summed E-state index contributed by atoms with van der Waals surface area (Å²) in [6.45, 7) is 7.11. The van der Waals surface area contributed by atoms with Crippen molar-refractivity contribution in [2.24, 2.45) is 5.41 Å². The maximum atomic E-state index is 14.1. The molecule has 3 aromatic carbocycles. The monoisotopic (exact) mass is 851 g/mol. The van der Waals surface area contributed by atoms with Gasteiger partial charge in [-0.1, -0.05) is 69.2 Å². The Balaban J connectivity index is 1.50. The Kier molecular flexibility index (Phi) is 15.4. The van der Waals surface area contributed by atoms with Crippen LogP contribution in [0.25, 0.3) is 0 Å². The average Bonchev–Trinajstić information content (AvgIpc) is 3.26. The molecule has 0 bridgehead atoms. The van der Waals surface area contributed by atoms with Crippen LogP contribution in [-0.4, -0.2) is 101 Å². The van der Waals surface area contributed by atoms with Crippen LogP contribution in [-0.2, 0) is 54.5 Å². The molecule has 3 N–H and O–H groups in total. The summed E-state index contributed by atoms with van der Waals surface area (Å²) in [5.41, 5.74) is 1.91. The first-order chi connectivity index (χ1) is 28.5. The lowest BCUT2D eigenvalue weighted by Crippen LogP contribution is -2.66. The molecule has 1 fully saturated rings. The molecule has 3 aromatic rings. The van der Waals surface area contributed by atoms with Gasteiger partial charge in [0.25, 0.3) is 0 Å². The molecule has 1 saturated heterocycles. The molecule has 60 heavy (non-hydrogen) atoms. The number of aliphatic hydroxyl groups is 1. The van der Waals surface area contributed by atoms with E-state index in [0.717, 1.165) is 24.1 Å². The molecule has 2 aliphatic heterocycles. The summed E-state index contributed by atoms with van der Waals surface area (Å²) >= 11 is 0. The zero-order chi connectivity index (χ0) is 43.8. The lowest BCUT2D eigenvalue weighted by Gasteiger charge is -2.45. The number of anilines is 2. The van der Waals surface area contributed by atoms with Crippen LogP contribution in [0.15, 0.2) is 77.7 Å². The van der Waals surface area contributed by atoms with Crippen LogP contribution < -0.4 is 15.5 Å². The van der Waals surface area contributed by atoms with Gasteiger partial charge in [0.1, 0.15) is 18.8 Å². The third kappa shape index (κ3) is 11.0. The third-order valence-electron chi connectivity index (χ3n) is 11.1. The van der Waals surface area contributed by atoms with Gasteiger partial charge in [0.05, 0.1) is 23.4 Å². The molecule has 2 aliphatic rings. The Hall–Kier alpha value is -5.03. The fraction of sp³-hybridized carbons (Fsp3) is 0.500. The lowest BCUT2D eigenvalue weighted by atomic mass is 9.69. The van der Waals surface area contributed by atoms with Gasteiger partial charge in [-0.25, -0.2) is 13.2 Å². The molecule has 0 aliphatic carbocycles. The number of ether oxygens (including phenoxy) is 5. The summed E-state index contributed by atoms with van der Waals surface area (Å²) in [6.07, 6.45) is -4.96. The number of carbonyl (C=O) groups excluding carboxylic acids is 4. The summed E-state index contributed by atoms with van der Waals surface area (Å²) in [4.78, 5) is 52.7. The highest BCUT2D eigenvalue weighted by Crippen LogP contribution is 2.49. The largest absolute Gasteiger partial charge is 0.463 e. The molecule has 2 amide bonds. The molecular formula is C44H57N3O12S. The third-order valence-corrected chi connectivity index (χ3v) is 13.1. The van der Waals surface area contributed by atoms with Crippen LogP contribution in [0.1, 0.15) is 82.9 Å². The Bertz CT molecular complexity index is 2100. The Labute approximate surface area is 352 Å². The topological polar surface area (TPSA) is 196 Å².